The largest absolute Gasteiger partial charge is 0.484 e. The number of hydrogen-bond acceptors (Lipinski definition) is 3. The van der Waals surface area contributed by atoms with Crippen LogP contribution >= 0.6 is 0 Å². The first kappa shape index (κ1) is 46.5. The minimum atomic E-state index is -0.109. The number of ether oxygens (including phenoxy) is 1. The third kappa shape index (κ3) is 8.35. The topological polar surface area (TPSA) is 15.7 Å². The van der Waals surface area contributed by atoms with Gasteiger partial charge in [-0.3, -0.25) is 0 Å². The lowest BCUT2D eigenvalue weighted by molar-refractivity contribution is 0.278. The van der Waals surface area contributed by atoms with Gasteiger partial charge in [0.15, 0.2) is 0 Å². The van der Waals surface area contributed by atoms with Crippen LogP contribution in [0.4, 0.5) is 34.1 Å². The van der Waals surface area contributed by atoms with Crippen molar-refractivity contribution in [3.8, 4) is 5.75 Å². The summed E-state index contributed by atoms with van der Waals surface area (Å²) in [5, 5.41) is 0. The van der Waals surface area contributed by atoms with Crippen LogP contribution in [-0.2, 0) is 22.7 Å². The van der Waals surface area contributed by atoms with Crippen molar-refractivity contribution in [3.63, 3.8) is 0 Å². The number of rotatable bonds is 7. The Morgan fingerprint density at radius 3 is 1.92 bits per heavy atom. The lowest BCUT2D eigenvalue weighted by Gasteiger charge is -2.40. The lowest BCUT2D eigenvalue weighted by Crippen LogP contribution is -2.58. The summed E-state index contributed by atoms with van der Waals surface area (Å²) in [5.74, 6) is 1.18. The van der Waals surface area contributed by atoms with Crippen LogP contribution < -0.4 is 30.9 Å². The molecule has 3 nitrogen and oxygen atoms in total. The number of hydrogen-bond donors (Lipinski definition) is 0. The van der Waals surface area contributed by atoms with Crippen molar-refractivity contribution in [2.45, 2.75) is 97.0 Å². The number of anilines is 6. The Labute approximate surface area is 434 Å². The highest BCUT2D eigenvalue weighted by molar-refractivity contribution is 6.99. The second kappa shape index (κ2) is 17.6. The van der Waals surface area contributed by atoms with Gasteiger partial charge >= 0.3 is 0 Å². The van der Waals surface area contributed by atoms with E-state index in [1.807, 2.05) is 0 Å². The number of allylic oxidation sites excluding steroid dienone is 3. The molecule has 3 heterocycles. The van der Waals surface area contributed by atoms with Gasteiger partial charge in [0.2, 0.25) is 6.71 Å². The zero-order chi connectivity index (χ0) is 50.4. The molecule has 4 aliphatic rings. The SMILES string of the molecule is CC(C)(C)c1ccc(N2c3ccc(C(C)(C)C)cc3B3c4ccc(N(c5ccccc5)c5ccccc5)cc4C(Cc4cccc(C5=CC=CC6c7ccccc7OC56)c4)=Cc4cc(C(C)(C)C)cc2c43)cc1. The van der Waals surface area contributed by atoms with Gasteiger partial charge < -0.3 is 14.5 Å². The Balaban J connectivity index is 1.10. The first-order chi connectivity index (χ1) is 35.1. The molecule has 0 radical (unpaired) electrons. The maximum Gasteiger partial charge on any atom is 0.248 e. The predicted molar refractivity (Wildman–Crippen MR) is 312 cm³/mol. The minimum Gasteiger partial charge on any atom is -0.484 e. The number of fused-ring (bicyclic) bond motifs is 7. The molecule has 8 aromatic rings. The van der Waals surface area contributed by atoms with Gasteiger partial charge in [0.25, 0.3) is 0 Å². The summed E-state index contributed by atoms with van der Waals surface area (Å²) in [6.07, 6.45) is 10.0. The van der Waals surface area contributed by atoms with Gasteiger partial charge in [-0.1, -0.05) is 207 Å². The number of nitrogens with zero attached hydrogens (tertiary/aromatic N) is 2. The molecule has 1 aliphatic carbocycles. The summed E-state index contributed by atoms with van der Waals surface area (Å²) in [5.41, 5.74) is 23.7. The summed E-state index contributed by atoms with van der Waals surface area (Å²) in [6.45, 7) is 21.0. The molecule has 73 heavy (non-hydrogen) atoms. The van der Waals surface area contributed by atoms with Crippen LogP contribution in [0.2, 0.25) is 0 Å². The van der Waals surface area contributed by atoms with E-state index in [0.29, 0.717) is 0 Å². The molecule has 12 rings (SSSR count). The van der Waals surface area contributed by atoms with Crippen molar-refractivity contribution in [2.75, 3.05) is 9.80 Å². The third-order valence-electron chi connectivity index (χ3n) is 15.7. The van der Waals surface area contributed by atoms with E-state index in [4.69, 9.17) is 4.74 Å². The van der Waals surface area contributed by atoms with Crippen molar-refractivity contribution in [3.05, 3.63) is 245 Å². The average Bonchev–Trinajstić information content (AvgIpc) is 3.70. The van der Waals surface area contributed by atoms with Crippen LogP contribution in [0.3, 0.4) is 0 Å². The maximum absolute atomic E-state index is 6.74. The number of para-hydroxylation sites is 3. The zero-order valence-corrected chi connectivity index (χ0v) is 43.9. The quantitative estimate of drug-likeness (QED) is 0.148. The molecule has 2 unspecified atom stereocenters. The van der Waals surface area contributed by atoms with E-state index in [9.17, 15) is 0 Å². The Morgan fingerprint density at radius 2 is 1.22 bits per heavy atom. The van der Waals surface area contributed by atoms with Crippen LogP contribution in [0.1, 0.15) is 113 Å². The first-order valence-electron chi connectivity index (χ1n) is 26.3. The highest BCUT2D eigenvalue weighted by atomic mass is 16.5. The highest BCUT2D eigenvalue weighted by Gasteiger charge is 2.42. The molecule has 0 saturated carbocycles. The number of benzene rings is 8. The molecule has 0 N–H and O–H groups in total. The molecular weight excluding hydrogens is 884 g/mol. The summed E-state index contributed by atoms with van der Waals surface area (Å²) in [4.78, 5) is 4.99. The van der Waals surface area contributed by atoms with Crippen LogP contribution in [0.5, 0.6) is 5.75 Å². The normalized spacial score (nSPS) is 16.5. The fourth-order valence-corrected chi connectivity index (χ4v) is 11.8. The van der Waals surface area contributed by atoms with Gasteiger partial charge in [0, 0.05) is 51.2 Å². The van der Waals surface area contributed by atoms with Crippen molar-refractivity contribution in [1.29, 1.82) is 0 Å². The van der Waals surface area contributed by atoms with Crippen LogP contribution in [-0.4, -0.2) is 12.8 Å². The molecular formula is C69H65BN2O. The molecule has 0 spiro atoms. The van der Waals surface area contributed by atoms with Crippen LogP contribution in [0, 0.1) is 0 Å². The zero-order valence-electron chi connectivity index (χ0n) is 43.9. The minimum absolute atomic E-state index is 0.0373. The summed E-state index contributed by atoms with van der Waals surface area (Å²) < 4.78 is 6.74. The van der Waals surface area contributed by atoms with Gasteiger partial charge in [0.1, 0.15) is 11.9 Å². The molecule has 0 fully saturated rings. The predicted octanol–water partition coefficient (Wildman–Crippen LogP) is 15.9. The highest BCUT2D eigenvalue weighted by Crippen LogP contribution is 2.47. The second-order valence-electron chi connectivity index (χ2n) is 23.8. The van der Waals surface area contributed by atoms with E-state index in [2.05, 4.69) is 278 Å². The van der Waals surface area contributed by atoms with Gasteiger partial charge in [0.05, 0.1) is 0 Å². The summed E-state index contributed by atoms with van der Waals surface area (Å²) in [6, 6.07) is 68.5. The van der Waals surface area contributed by atoms with E-state index in [1.54, 1.807) is 0 Å². The van der Waals surface area contributed by atoms with Gasteiger partial charge in [-0.15, -0.1) is 0 Å². The Hall–Kier alpha value is -7.56. The Morgan fingerprint density at radius 1 is 0.548 bits per heavy atom. The average molecular weight is 949 g/mol. The van der Waals surface area contributed by atoms with Gasteiger partial charge in [-0.25, -0.2) is 0 Å². The van der Waals surface area contributed by atoms with E-state index in [1.165, 1.54) is 89.1 Å². The smallest absolute Gasteiger partial charge is 0.248 e. The maximum atomic E-state index is 6.74. The molecule has 0 saturated heterocycles. The second-order valence-corrected chi connectivity index (χ2v) is 23.8. The first-order valence-corrected chi connectivity index (χ1v) is 26.3. The Bertz CT molecular complexity index is 3490. The monoisotopic (exact) mass is 949 g/mol. The van der Waals surface area contributed by atoms with E-state index in [-0.39, 0.29) is 35.0 Å². The molecule has 0 amide bonds. The van der Waals surface area contributed by atoms with Crippen LogP contribution in [0.25, 0.3) is 17.2 Å². The van der Waals surface area contributed by atoms with Crippen molar-refractivity contribution >= 4 is 74.4 Å². The van der Waals surface area contributed by atoms with Crippen molar-refractivity contribution in [2.24, 2.45) is 0 Å². The molecule has 2 atom stereocenters. The Kier molecular flexibility index (Phi) is 11.2. The molecule has 3 aliphatic heterocycles. The fourth-order valence-electron chi connectivity index (χ4n) is 11.8. The molecule has 8 aromatic carbocycles. The van der Waals surface area contributed by atoms with E-state index in [0.717, 1.165) is 29.2 Å². The lowest BCUT2D eigenvalue weighted by atomic mass is 9.34. The van der Waals surface area contributed by atoms with E-state index < -0.39 is 0 Å². The third-order valence-corrected chi connectivity index (χ3v) is 15.7. The van der Waals surface area contributed by atoms with Crippen molar-refractivity contribution < 1.29 is 4.74 Å². The molecule has 0 bridgehead atoms. The summed E-state index contributed by atoms with van der Waals surface area (Å²) >= 11 is 0. The van der Waals surface area contributed by atoms with Crippen molar-refractivity contribution in [1.82, 2.24) is 0 Å². The van der Waals surface area contributed by atoms with E-state index >= 15 is 0 Å². The van der Waals surface area contributed by atoms with Gasteiger partial charge in [-0.2, -0.15) is 0 Å². The summed E-state index contributed by atoms with van der Waals surface area (Å²) in [7, 11) is 0. The molecule has 0 aromatic heterocycles. The standard InChI is InChI=1S/C69H65BN2O/c1-67(2,3)49-30-33-54(34-31-49)72-62-37-32-50(68(4,5)6)42-61(62)70-60-36-35-55(71(52-22-12-10-13-23-52)53-24-14-11-15-25-53)44-59(60)47(40-48-41-51(69(7,8)9)43-63(72)65(48)70)39-45-20-18-21-46(38-45)56-27-19-28-58-57-26-16-17-29-64(57)73-66(56)58/h10-38,40-44,58,66H,39H2,1-9H3. The van der Waals surface area contributed by atoms with Crippen LogP contribution in [0.15, 0.2) is 200 Å². The molecule has 4 heteroatoms. The van der Waals surface area contributed by atoms with Gasteiger partial charge in [-0.05, 0) is 145 Å². The molecule has 360 valence electrons. The fraction of sp³-hybridized carbons (Fsp3) is 0.217.